The van der Waals surface area contributed by atoms with Gasteiger partial charge in [-0.1, -0.05) is 24.1 Å². The van der Waals surface area contributed by atoms with E-state index in [0.29, 0.717) is 5.69 Å². The number of anilines is 1. The molecule has 0 saturated heterocycles. The summed E-state index contributed by atoms with van der Waals surface area (Å²) in [6.07, 6.45) is 1.80. The van der Waals surface area contributed by atoms with E-state index in [4.69, 9.17) is 5.73 Å². The molecular weight excluding hydrogens is 196 g/mol. The van der Waals surface area contributed by atoms with Gasteiger partial charge in [0.15, 0.2) is 0 Å². The molecule has 0 radical (unpaired) electrons. The van der Waals surface area contributed by atoms with Crippen molar-refractivity contribution >= 4 is 5.69 Å². The van der Waals surface area contributed by atoms with E-state index in [1.165, 1.54) is 0 Å². The summed E-state index contributed by atoms with van der Waals surface area (Å²) in [5.41, 5.74) is 9.21. The van der Waals surface area contributed by atoms with Crippen molar-refractivity contribution in [3.63, 3.8) is 0 Å². The molecule has 0 aliphatic carbocycles. The lowest BCUT2D eigenvalue weighted by atomic mass is 10.2. The molecule has 0 saturated carbocycles. The Balaban J connectivity index is 2.29. The molecule has 1 aromatic carbocycles. The van der Waals surface area contributed by atoms with Crippen molar-refractivity contribution in [1.82, 2.24) is 4.98 Å². The van der Waals surface area contributed by atoms with Crippen molar-refractivity contribution < 1.29 is 0 Å². The summed E-state index contributed by atoms with van der Waals surface area (Å²) < 4.78 is 0. The van der Waals surface area contributed by atoms with Gasteiger partial charge in [0.2, 0.25) is 0 Å². The number of nitrogens with zero attached hydrogens (tertiary/aromatic N) is 1. The van der Waals surface area contributed by atoms with Crippen LogP contribution in [0.3, 0.4) is 0 Å². The minimum absolute atomic E-state index is 0.696. The molecule has 0 amide bonds. The lowest BCUT2D eigenvalue weighted by Crippen LogP contribution is -1.89. The van der Waals surface area contributed by atoms with Gasteiger partial charge in [-0.2, -0.15) is 0 Å². The van der Waals surface area contributed by atoms with Crippen molar-refractivity contribution in [3.05, 3.63) is 59.4 Å². The van der Waals surface area contributed by atoms with E-state index in [-0.39, 0.29) is 0 Å². The maximum absolute atomic E-state index is 5.79. The molecule has 2 aromatic rings. The molecule has 2 heteroatoms. The average Bonchev–Trinajstić information content (AvgIpc) is 2.30. The number of benzene rings is 1. The molecule has 2 nitrogen and oxygen atoms in total. The number of aryl methyl sites for hydroxylation is 1. The maximum atomic E-state index is 5.79. The monoisotopic (exact) mass is 208 g/mol. The molecule has 1 heterocycles. The third-order valence-electron chi connectivity index (χ3n) is 2.20. The molecule has 0 aliphatic heterocycles. The summed E-state index contributed by atoms with van der Waals surface area (Å²) in [5.74, 6) is 6.00. The Morgan fingerprint density at radius 2 is 1.88 bits per heavy atom. The molecule has 0 aliphatic rings. The summed E-state index contributed by atoms with van der Waals surface area (Å²) in [4.78, 5) is 4.21. The van der Waals surface area contributed by atoms with Gasteiger partial charge in [-0.05, 0) is 36.6 Å². The maximum Gasteiger partial charge on any atom is 0.113 e. The Bertz CT molecular complexity index is 545. The molecule has 78 valence electrons. The van der Waals surface area contributed by atoms with Gasteiger partial charge in [-0.25, -0.2) is 4.98 Å². The first kappa shape index (κ1) is 10.3. The molecule has 2 N–H and O–H groups in total. The summed E-state index contributed by atoms with van der Waals surface area (Å²) in [7, 11) is 0. The molecule has 16 heavy (non-hydrogen) atoms. The minimum Gasteiger partial charge on any atom is -0.398 e. The highest BCUT2D eigenvalue weighted by molar-refractivity contribution is 5.56. The minimum atomic E-state index is 0.696. The summed E-state index contributed by atoms with van der Waals surface area (Å²) in [6, 6.07) is 11.4. The van der Waals surface area contributed by atoms with Crippen LogP contribution in [0.15, 0.2) is 42.6 Å². The van der Waals surface area contributed by atoms with Crippen LogP contribution in [0.5, 0.6) is 0 Å². The average molecular weight is 208 g/mol. The Hall–Kier alpha value is -2.27. The number of rotatable bonds is 0. The van der Waals surface area contributed by atoms with Gasteiger partial charge in [-0.3, -0.25) is 0 Å². The SMILES string of the molecule is Cc1ccc(C#Cc2ccccc2N)nc1. The van der Waals surface area contributed by atoms with Gasteiger partial charge in [0.25, 0.3) is 0 Å². The molecule has 0 fully saturated rings. The van der Waals surface area contributed by atoms with Crippen molar-refractivity contribution in [2.24, 2.45) is 0 Å². The predicted octanol–water partition coefficient (Wildman–Crippen LogP) is 2.37. The Kier molecular flexibility index (Phi) is 2.88. The van der Waals surface area contributed by atoms with Gasteiger partial charge in [0.05, 0.1) is 0 Å². The topological polar surface area (TPSA) is 38.9 Å². The first-order valence-corrected chi connectivity index (χ1v) is 5.05. The highest BCUT2D eigenvalue weighted by Crippen LogP contribution is 2.08. The molecule has 0 atom stereocenters. The van der Waals surface area contributed by atoms with E-state index in [9.17, 15) is 0 Å². The van der Waals surface area contributed by atoms with Crippen LogP contribution in [0.2, 0.25) is 0 Å². The van der Waals surface area contributed by atoms with Crippen LogP contribution in [0.25, 0.3) is 0 Å². The second-order valence-corrected chi connectivity index (χ2v) is 3.56. The van der Waals surface area contributed by atoms with E-state index in [2.05, 4.69) is 16.8 Å². The van der Waals surface area contributed by atoms with Crippen LogP contribution in [-0.2, 0) is 0 Å². The highest BCUT2D eigenvalue weighted by Gasteiger charge is 1.92. The fourth-order valence-electron chi connectivity index (χ4n) is 1.28. The van der Waals surface area contributed by atoms with Gasteiger partial charge >= 0.3 is 0 Å². The van der Waals surface area contributed by atoms with E-state index in [0.717, 1.165) is 16.8 Å². The fourth-order valence-corrected chi connectivity index (χ4v) is 1.28. The smallest absolute Gasteiger partial charge is 0.113 e. The number of hydrogen-bond donors (Lipinski definition) is 1. The van der Waals surface area contributed by atoms with Gasteiger partial charge in [0.1, 0.15) is 5.69 Å². The summed E-state index contributed by atoms with van der Waals surface area (Å²) in [6.45, 7) is 2.00. The van der Waals surface area contributed by atoms with Crippen molar-refractivity contribution in [1.29, 1.82) is 0 Å². The quantitative estimate of drug-likeness (QED) is 0.533. The fraction of sp³-hybridized carbons (Fsp3) is 0.0714. The van der Waals surface area contributed by atoms with Gasteiger partial charge in [0, 0.05) is 17.4 Å². The van der Waals surface area contributed by atoms with Crippen LogP contribution >= 0.6 is 0 Å². The summed E-state index contributed by atoms with van der Waals surface area (Å²) >= 11 is 0. The van der Waals surface area contributed by atoms with Crippen LogP contribution in [0, 0.1) is 18.8 Å². The van der Waals surface area contributed by atoms with Crippen molar-refractivity contribution in [2.75, 3.05) is 5.73 Å². The third-order valence-corrected chi connectivity index (χ3v) is 2.20. The summed E-state index contributed by atoms with van der Waals surface area (Å²) in [5, 5.41) is 0. The second kappa shape index (κ2) is 4.50. The number of nitrogens with two attached hydrogens (primary N) is 1. The predicted molar refractivity (Wildman–Crippen MR) is 65.8 cm³/mol. The highest BCUT2D eigenvalue weighted by atomic mass is 14.7. The zero-order valence-corrected chi connectivity index (χ0v) is 9.07. The van der Waals surface area contributed by atoms with E-state index < -0.39 is 0 Å². The van der Waals surface area contributed by atoms with E-state index >= 15 is 0 Å². The van der Waals surface area contributed by atoms with Crippen molar-refractivity contribution in [3.8, 4) is 11.8 Å². The first-order chi connectivity index (χ1) is 7.75. The normalized spacial score (nSPS) is 9.31. The molecule has 2 rings (SSSR count). The lowest BCUT2D eigenvalue weighted by Gasteiger charge is -1.95. The second-order valence-electron chi connectivity index (χ2n) is 3.56. The van der Waals surface area contributed by atoms with E-state index in [1.54, 1.807) is 6.20 Å². The molecular formula is C14H12N2. The largest absolute Gasteiger partial charge is 0.398 e. The molecule has 0 bridgehead atoms. The van der Waals surface area contributed by atoms with Crippen LogP contribution in [0.4, 0.5) is 5.69 Å². The van der Waals surface area contributed by atoms with Crippen LogP contribution < -0.4 is 5.73 Å². The number of para-hydroxylation sites is 1. The Morgan fingerprint density at radius 3 is 2.56 bits per heavy atom. The van der Waals surface area contributed by atoms with Gasteiger partial charge in [-0.15, -0.1) is 0 Å². The Labute approximate surface area is 95.1 Å². The van der Waals surface area contributed by atoms with Crippen LogP contribution in [-0.4, -0.2) is 4.98 Å². The third kappa shape index (κ3) is 2.40. The van der Waals surface area contributed by atoms with Crippen LogP contribution in [0.1, 0.15) is 16.8 Å². The zero-order chi connectivity index (χ0) is 11.4. The number of nitrogen functional groups attached to an aromatic ring is 1. The van der Waals surface area contributed by atoms with Crippen molar-refractivity contribution in [2.45, 2.75) is 6.92 Å². The Morgan fingerprint density at radius 1 is 1.06 bits per heavy atom. The number of hydrogen-bond acceptors (Lipinski definition) is 2. The number of pyridine rings is 1. The molecule has 0 spiro atoms. The molecule has 1 aromatic heterocycles. The lowest BCUT2D eigenvalue weighted by molar-refractivity contribution is 1.24. The first-order valence-electron chi connectivity index (χ1n) is 5.05. The molecule has 0 unspecified atom stereocenters. The zero-order valence-electron chi connectivity index (χ0n) is 9.07. The van der Waals surface area contributed by atoms with E-state index in [1.807, 2.05) is 43.3 Å². The number of aromatic nitrogens is 1. The standard InChI is InChI=1S/C14H12N2/c1-11-6-8-13(16-10-11)9-7-12-4-2-3-5-14(12)15/h2-6,8,10H,15H2,1H3. The van der Waals surface area contributed by atoms with Gasteiger partial charge < -0.3 is 5.73 Å².